The molecule has 8 heteroatoms. The summed E-state index contributed by atoms with van der Waals surface area (Å²) in [5, 5.41) is 28.5. The van der Waals surface area contributed by atoms with Crippen LogP contribution in [0.3, 0.4) is 0 Å². The maximum Gasteiger partial charge on any atom is 0.330 e. The first-order chi connectivity index (χ1) is 9.51. The average molecular weight is 282 g/mol. The molecule has 1 aromatic rings. The fraction of sp³-hybridized carbons (Fsp3) is 0.500. The fourth-order valence-corrected chi connectivity index (χ4v) is 2.04. The number of H-pyrrole nitrogens is 1. The highest BCUT2D eigenvalue weighted by atomic mass is 16.6. The summed E-state index contributed by atoms with van der Waals surface area (Å²) in [6.45, 7) is 0.983. The van der Waals surface area contributed by atoms with Gasteiger partial charge in [-0.1, -0.05) is 5.92 Å². The molecule has 1 aliphatic rings. The molecular weight excluding hydrogens is 268 g/mol. The van der Waals surface area contributed by atoms with Crippen molar-refractivity contribution in [2.24, 2.45) is 0 Å². The smallest absolute Gasteiger partial charge is 0.330 e. The summed E-state index contributed by atoms with van der Waals surface area (Å²) in [7, 11) is 0. The van der Waals surface area contributed by atoms with Crippen molar-refractivity contribution in [2.45, 2.75) is 31.5 Å². The van der Waals surface area contributed by atoms with E-state index in [9.17, 15) is 19.8 Å². The molecule has 0 saturated carbocycles. The Hall–Kier alpha value is -1.92. The highest BCUT2D eigenvalue weighted by Crippen LogP contribution is 2.27. The first-order valence-corrected chi connectivity index (χ1v) is 5.90. The van der Waals surface area contributed by atoms with Gasteiger partial charge in [-0.25, -0.2) is 9.36 Å². The Morgan fingerprint density at radius 1 is 1.40 bits per heavy atom. The van der Waals surface area contributed by atoms with E-state index in [1.165, 1.54) is 13.1 Å². The summed E-state index contributed by atoms with van der Waals surface area (Å²) in [5.74, 6) is 5.04. The quantitative estimate of drug-likeness (QED) is 0.445. The Bertz CT molecular complexity index is 667. The van der Waals surface area contributed by atoms with Crippen molar-refractivity contribution in [3.05, 3.63) is 32.6 Å². The first kappa shape index (κ1) is 14.5. The van der Waals surface area contributed by atoms with Crippen molar-refractivity contribution in [1.82, 2.24) is 9.55 Å². The molecule has 0 bridgehead atoms. The lowest BCUT2D eigenvalue weighted by atomic mass is 10.1. The Morgan fingerprint density at radius 3 is 2.65 bits per heavy atom. The van der Waals surface area contributed by atoms with Gasteiger partial charge in [0, 0.05) is 6.20 Å². The fourth-order valence-electron chi connectivity index (χ4n) is 2.04. The summed E-state index contributed by atoms with van der Waals surface area (Å²) >= 11 is 0. The minimum Gasteiger partial charge on any atom is -0.394 e. The predicted molar refractivity (Wildman–Crippen MR) is 66.9 cm³/mol. The van der Waals surface area contributed by atoms with E-state index < -0.39 is 42.4 Å². The summed E-state index contributed by atoms with van der Waals surface area (Å²) in [6, 6.07) is 0. The molecule has 4 N–H and O–H groups in total. The maximum atomic E-state index is 12.1. The molecule has 2 heterocycles. The van der Waals surface area contributed by atoms with Crippen LogP contribution in [-0.2, 0) is 4.74 Å². The molecule has 4 atom stereocenters. The molecule has 108 valence electrons. The zero-order valence-electron chi connectivity index (χ0n) is 10.6. The van der Waals surface area contributed by atoms with Crippen molar-refractivity contribution < 1.29 is 20.1 Å². The molecule has 1 unspecified atom stereocenters. The SMILES string of the molecule is CC#Cc1c[nH]c(=O)n(C2O[C@H](CO)[C@@H](O)[C@@H]2O)c1=O. The number of aromatic nitrogens is 2. The molecule has 1 aromatic heterocycles. The number of aliphatic hydroxyl groups excluding tert-OH is 3. The van der Waals surface area contributed by atoms with Gasteiger partial charge in [-0.2, -0.15) is 0 Å². The monoisotopic (exact) mass is 282 g/mol. The lowest BCUT2D eigenvalue weighted by molar-refractivity contribution is -0.0565. The lowest BCUT2D eigenvalue weighted by Crippen LogP contribution is -2.43. The number of nitrogens with one attached hydrogen (secondary N) is 1. The Morgan fingerprint density at radius 2 is 2.10 bits per heavy atom. The second-order valence-electron chi connectivity index (χ2n) is 4.29. The van der Waals surface area contributed by atoms with Gasteiger partial charge < -0.3 is 25.0 Å². The Balaban J connectivity index is 2.53. The van der Waals surface area contributed by atoms with E-state index >= 15 is 0 Å². The van der Waals surface area contributed by atoms with Crippen molar-refractivity contribution in [3.8, 4) is 11.8 Å². The summed E-state index contributed by atoms with van der Waals surface area (Å²) in [6.07, 6.45) is -4.17. The number of nitrogens with zero attached hydrogens (tertiary/aromatic N) is 1. The van der Waals surface area contributed by atoms with E-state index in [1.54, 1.807) is 0 Å². The summed E-state index contributed by atoms with van der Waals surface area (Å²) < 4.78 is 5.80. The number of hydrogen-bond donors (Lipinski definition) is 4. The molecule has 1 fully saturated rings. The van der Waals surface area contributed by atoms with Crippen molar-refractivity contribution in [2.75, 3.05) is 6.61 Å². The van der Waals surface area contributed by atoms with Crippen LogP contribution < -0.4 is 11.2 Å². The molecule has 0 amide bonds. The zero-order valence-corrected chi connectivity index (χ0v) is 10.6. The minimum atomic E-state index is -1.50. The van der Waals surface area contributed by atoms with Crippen LogP contribution in [0.25, 0.3) is 0 Å². The third kappa shape index (κ3) is 2.28. The van der Waals surface area contributed by atoms with Crippen molar-refractivity contribution >= 4 is 0 Å². The number of hydrogen-bond acceptors (Lipinski definition) is 6. The van der Waals surface area contributed by atoms with Gasteiger partial charge in [-0.05, 0) is 6.92 Å². The molecule has 8 nitrogen and oxygen atoms in total. The van der Waals surface area contributed by atoms with E-state index in [0.717, 1.165) is 0 Å². The first-order valence-electron chi connectivity index (χ1n) is 5.90. The molecular formula is C12H14N2O6. The van der Waals surface area contributed by atoms with Crippen LogP contribution >= 0.6 is 0 Å². The highest BCUT2D eigenvalue weighted by molar-refractivity contribution is 5.28. The lowest BCUT2D eigenvalue weighted by Gasteiger charge is -2.16. The molecule has 1 saturated heterocycles. The normalized spacial score (nSPS) is 29.0. The van der Waals surface area contributed by atoms with E-state index in [2.05, 4.69) is 16.8 Å². The van der Waals surface area contributed by atoms with Gasteiger partial charge in [0.05, 0.1) is 6.61 Å². The molecule has 2 rings (SSSR count). The molecule has 1 aliphatic heterocycles. The van der Waals surface area contributed by atoms with Gasteiger partial charge in [0.25, 0.3) is 5.56 Å². The van der Waals surface area contributed by atoms with Crippen LogP contribution in [0.5, 0.6) is 0 Å². The number of rotatable bonds is 2. The van der Waals surface area contributed by atoms with Gasteiger partial charge >= 0.3 is 5.69 Å². The number of aliphatic hydroxyl groups is 3. The molecule has 0 spiro atoms. The number of ether oxygens (including phenoxy) is 1. The second kappa shape index (κ2) is 5.60. The highest BCUT2D eigenvalue weighted by Gasteiger charge is 2.44. The van der Waals surface area contributed by atoms with E-state index in [1.807, 2.05) is 0 Å². The Kier molecular flexibility index (Phi) is 4.06. The Labute approximate surface area is 113 Å². The topological polar surface area (TPSA) is 125 Å². The minimum absolute atomic E-state index is 0.0323. The van der Waals surface area contributed by atoms with Gasteiger partial charge in [0.15, 0.2) is 6.23 Å². The third-order valence-corrected chi connectivity index (χ3v) is 3.04. The van der Waals surface area contributed by atoms with Gasteiger partial charge in [-0.15, -0.1) is 5.92 Å². The van der Waals surface area contributed by atoms with Crippen LogP contribution in [-0.4, -0.2) is 49.8 Å². The molecule has 20 heavy (non-hydrogen) atoms. The molecule has 0 radical (unpaired) electrons. The second-order valence-corrected chi connectivity index (χ2v) is 4.29. The van der Waals surface area contributed by atoms with Gasteiger partial charge in [-0.3, -0.25) is 4.79 Å². The van der Waals surface area contributed by atoms with E-state index in [0.29, 0.717) is 4.57 Å². The summed E-state index contributed by atoms with van der Waals surface area (Å²) in [4.78, 5) is 26.2. The average Bonchev–Trinajstić information content (AvgIpc) is 2.70. The molecule has 0 aliphatic carbocycles. The van der Waals surface area contributed by atoms with Gasteiger partial charge in [0.2, 0.25) is 0 Å². The van der Waals surface area contributed by atoms with Crippen LogP contribution in [0.15, 0.2) is 15.8 Å². The van der Waals surface area contributed by atoms with Crippen LogP contribution in [0.1, 0.15) is 18.7 Å². The van der Waals surface area contributed by atoms with Crippen molar-refractivity contribution in [1.29, 1.82) is 0 Å². The largest absolute Gasteiger partial charge is 0.394 e. The third-order valence-electron chi connectivity index (χ3n) is 3.04. The van der Waals surface area contributed by atoms with E-state index in [-0.39, 0.29) is 5.56 Å². The van der Waals surface area contributed by atoms with Crippen molar-refractivity contribution in [3.63, 3.8) is 0 Å². The van der Waals surface area contributed by atoms with E-state index in [4.69, 9.17) is 9.84 Å². The van der Waals surface area contributed by atoms with Crippen LogP contribution in [0.2, 0.25) is 0 Å². The summed E-state index contributed by atoms with van der Waals surface area (Å²) in [5.41, 5.74) is -1.51. The van der Waals surface area contributed by atoms with Gasteiger partial charge in [0.1, 0.15) is 23.9 Å². The standard InChI is InChI=1S/C12H14N2O6/c1-2-3-6-4-13-12(19)14(10(6)18)11-9(17)8(16)7(5-15)20-11/h4,7-9,11,15-17H,5H2,1H3,(H,13,19)/t7-,8-,9+,11?/m1/s1. The zero-order chi connectivity index (χ0) is 14.9. The van der Waals surface area contributed by atoms with Crippen LogP contribution in [0.4, 0.5) is 0 Å². The number of aromatic amines is 1. The molecule has 0 aromatic carbocycles. The maximum absolute atomic E-state index is 12.1. The predicted octanol–water partition coefficient (Wildman–Crippen LogP) is -2.48. The van der Waals surface area contributed by atoms with Crippen LogP contribution in [0, 0.1) is 11.8 Å².